The van der Waals surface area contributed by atoms with Crippen molar-refractivity contribution in [2.24, 2.45) is 5.92 Å². The van der Waals surface area contributed by atoms with Gasteiger partial charge in [-0.1, -0.05) is 36.4 Å². The molecule has 0 unspecified atom stereocenters. The zero-order valence-electron chi connectivity index (χ0n) is 14.5. The van der Waals surface area contributed by atoms with Crippen LogP contribution in [-0.4, -0.2) is 31.6 Å². The summed E-state index contributed by atoms with van der Waals surface area (Å²) in [6.07, 6.45) is 0.897. The molecule has 2 aromatic carbocycles. The van der Waals surface area contributed by atoms with Crippen molar-refractivity contribution < 1.29 is 9.53 Å². The van der Waals surface area contributed by atoms with Crippen LogP contribution in [0.15, 0.2) is 48.5 Å². The number of fused-ring (bicyclic) bond motifs is 3. The van der Waals surface area contributed by atoms with Gasteiger partial charge in [-0.2, -0.15) is 0 Å². The molecule has 4 heteroatoms. The molecule has 0 aliphatic carbocycles. The number of carbonyl (C=O) groups excluding carboxylic acids is 1. The first-order valence-electron chi connectivity index (χ1n) is 9.04. The van der Waals surface area contributed by atoms with E-state index in [2.05, 4.69) is 35.8 Å². The summed E-state index contributed by atoms with van der Waals surface area (Å²) in [5, 5.41) is 6.50. The average molecular weight is 336 g/mol. The van der Waals surface area contributed by atoms with E-state index in [4.69, 9.17) is 4.74 Å². The van der Waals surface area contributed by atoms with Crippen molar-refractivity contribution in [1.29, 1.82) is 0 Å². The third kappa shape index (κ3) is 3.40. The van der Waals surface area contributed by atoms with Gasteiger partial charge in [-0.3, -0.25) is 4.79 Å². The Kier molecular flexibility index (Phi) is 4.45. The van der Waals surface area contributed by atoms with Gasteiger partial charge in [0, 0.05) is 37.5 Å². The van der Waals surface area contributed by atoms with E-state index in [-0.39, 0.29) is 12.0 Å². The second-order valence-corrected chi connectivity index (χ2v) is 7.10. The van der Waals surface area contributed by atoms with Gasteiger partial charge in [0.2, 0.25) is 0 Å². The van der Waals surface area contributed by atoms with Crippen LogP contribution in [0.5, 0.6) is 5.75 Å². The molecule has 4 rings (SSSR count). The highest BCUT2D eigenvalue weighted by atomic mass is 16.5. The monoisotopic (exact) mass is 336 g/mol. The summed E-state index contributed by atoms with van der Waals surface area (Å²) >= 11 is 0. The van der Waals surface area contributed by atoms with Crippen LogP contribution in [0, 0.1) is 5.92 Å². The van der Waals surface area contributed by atoms with Gasteiger partial charge >= 0.3 is 0 Å². The van der Waals surface area contributed by atoms with Gasteiger partial charge in [-0.25, -0.2) is 0 Å². The fourth-order valence-corrected chi connectivity index (χ4v) is 3.98. The maximum Gasteiger partial charge on any atom is 0.251 e. The molecule has 1 saturated heterocycles. The Balaban J connectivity index is 1.53. The summed E-state index contributed by atoms with van der Waals surface area (Å²) in [6.45, 7) is 4.72. The highest BCUT2D eigenvalue weighted by Crippen LogP contribution is 2.34. The Morgan fingerprint density at radius 1 is 1.12 bits per heavy atom. The molecule has 0 aromatic heterocycles. The van der Waals surface area contributed by atoms with Crippen LogP contribution in [0.2, 0.25) is 0 Å². The molecule has 25 heavy (non-hydrogen) atoms. The molecule has 4 nitrogen and oxygen atoms in total. The zero-order valence-corrected chi connectivity index (χ0v) is 14.5. The lowest BCUT2D eigenvalue weighted by molar-refractivity contribution is 0.0951. The number of nitrogens with one attached hydrogen (secondary N) is 2. The molecule has 2 heterocycles. The molecule has 0 bridgehead atoms. The van der Waals surface area contributed by atoms with Gasteiger partial charge in [0.15, 0.2) is 0 Å². The number of rotatable bonds is 4. The fraction of sp³-hybridized carbons (Fsp3) is 0.381. The second kappa shape index (κ2) is 6.89. The molecule has 1 amide bonds. The normalized spacial score (nSPS) is 23.2. The lowest BCUT2D eigenvalue weighted by Crippen LogP contribution is -2.28. The van der Waals surface area contributed by atoms with Crippen LogP contribution >= 0.6 is 0 Å². The molecule has 2 aromatic rings. The zero-order chi connectivity index (χ0) is 17.2. The molecule has 2 N–H and O–H groups in total. The van der Waals surface area contributed by atoms with Gasteiger partial charge in [-0.15, -0.1) is 0 Å². The van der Waals surface area contributed by atoms with Crippen LogP contribution < -0.4 is 15.4 Å². The number of hydrogen-bond acceptors (Lipinski definition) is 3. The second-order valence-electron chi connectivity index (χ2n) is 7.10. The minimum Gasteiger partial charge on any atom is -0.490 e. The van der Waals surface area contributed by atoms with Crippen molar-refractivity contribution in [3.63, 3.8) is 0 Å². The van der Waals surface area contributed by atoms with E-state index < -0.39 is 0 Å². The maximum absolute atomic E-state index is 12.5. The Bertz CT molecular complexity index is 760. The molecule has 3 atom stereocenters. The van der Waals surface area contributed by atoms with E-state index in [1.165, 1.54) is 5.56 Å². The Morgan fingerprint density at radius 2 is 1.96 bits per heavy atom. The highest BCUT2D eigenvalue weighted by Gasteiger charge is 2.34. The molecule has 0 saturated carbocycles. The minimum atomic E-state index is 0.0190. The number of benzene rings is 2. The van der Waals surface area contributed by atoms with E-state index in [0.717, 1.165) is 42.9 Å². The smallest absolute Gasteiger partial charge is 0.251 e. The van der Waals surface area contributed by atoms with Crippen molar-refractivity contribution in [1.82, 2.24) is 10.6 Å². The molecule has 2 aliphatic rings. The van der Waals surface area contributed by atoms with Crippen molar-refractivity contribution in [2.75, 3.05) is 19.6 Å². The van der Waals surface area contributed by atoms with Crippen LogP contribution in [0.3, 0.4) is 0 Å². The van der Waals surface area contributed by atoms with E-state index in [9.17, 15) is 4.79 Å². The Morgan fingerprint density at radius 3 is 2.80 bits per heavy atom. The van der Waals surface area contributed by atoms with Gasteiger partial charge in [-0.05, 0) is 36.1 Å². The topological polar surface area (TPSA) is 50.4 Å². The first-order chi connectivity index (χ1) is 12.2. The van der Waals surface area contributed by atoms with Gasteiger partial charge in [0.1, 0.15) is 5.75 Å². The van der Waals surface area contributed by atoms with Gasteiger partial charge < -0.3 is 15.4 Å². The highest BCUT2D eigenvalue weighted by molar-refractivity contribution is 5.96. The lowest BCUT2D eigenvalue weighted by atomic mass is 9.87. The molecule has 1 fully saturated rings. The van der Waals surface area contributed by atoms with E-state index in [1.54, 1.807) is 0 Å². The molecule has 0 radical (unpaired) electrons. The standard InChI is InChI=1S/C21H24N2O2/c1-14(9-15-5-3-2-4-6-15)25-17-7-8-18-19(10-17)21(24)23-12-16-11-22-13-20(16)18/h2-8,10,14,16,20,22H,9,11-13H2,1H3,(H,23,24)/t14-,16-,20+/m0/s1. The van der Waals surface area contributed by atoms with Crippen molar-refractivity contribution in [3.8, 4) is 5.75 Å². The van der Waals surface area contributed by atoms with Crippen LogP contribution in [0.1, 0.15) is 34.3 Å². The Hall–Kier alpha value is -2.33. The predicted molar refractivity (Wildman–Crippen MR) is 98.1 cm³/mol. The molecular formula is C21H24N2O2. The van der Waals surface area contributed by atoms with Crippen LogP contribution in [-0.2, 0) is 6.42 Å². The summed E-state index contributed by atoms with van der Waals surface area (Å²) in [7, 11) is 0. The summed E-state index contributed by atoms with van der Waals surface area (Å²) in [5.41, 5.74) is 3.16. The van der Waals surface area contributed by atoms with E-state index in [0.29, 0.717) is 11.8 Å². The van der Waals surface area contributed by atoms with Gasteiger partial charge in [0.05, 0.1) is 6.10 Å². The first-order valence-corrected chi connectivity index (χ1v) is 9.04. The molecule has 0 spiro atoms. The quantitative estimate of drug-likeness (QED) is 0.903. The fourth-order valence-electron chi connectivity index (χ4n) is 3.98. The van der Waals surface area contributed by atoms with Crippen LogP contribution in [0.25, 0.3) is 0 Å². The first kappa shape index (κ1) is 16.2. The maximum atomic E-state index is 12.5. The van der Waals surface area contributed by atoms with Gasteiger partial charge in [0.25, 0.3) is 5.91 Å². The Labute approximate surface area is 148 Å². The third-order valence-electron chi connectivity index (χ3n) is 5.24. The van der Waals surface area contributed by atoms with E-state index >= 15 is 0 Å². The summed E-state index contributed by atoms with van der Waals surface area (Å²) in [6, 6.07) is 16.3. The summed E-state index contributed by atoms with van der Waals surface area (Å²) in [5.74, 6) is 1.67. The average Bonchev–Trinajstić information content (AvgIpc) is 3.04. The van der Waals surface area contributed by atoms with Crippen molar-refractivity contribution in [3.05, 3.63) is 65.2 Å². The number of carbonyl (C=O) groups is 1. The summed E-state index contributed by atoms with van der Waals surface area (Å²) < 4.78 is 6.09. The summed E-state index contributed by atoms with van der Waals surface area (Å²) in [4.78, 5) is 12.5. The third-order valence-corrected chi connectivity index (χ3v) is 5.24. The number of ether oxygens (including phenoxy) is 1. The SMILES string of the molecule is C[C@@H](Cc1ccccc1)Oc1ccc2c(c1)C(=O)NC[C@@H]1CNC[C@@H]21. The largest absolute Gasteiger partial charge is 0.490 e. The van der Waals surface area contributed by atoms with E-state index in [1.807, 2.05) is 30.3 Å². The predicted octanol–water partition coefficient (Wildman–Crippen LogP) is 2.74. The number of amides is 1. The van der Waals surface area contributed by atoms with Crippen molar-refractivity contribution in [2.45, 2.75) is 25.4 Å². The van der Waals surface area contributed by atoms with Crippen LogP contribution in [0.4, 0.5) is 0 Å². The minimum absolute atomic E-state index is 0.0190. The molecular weight excluding hydrogens is 312 g/mol. The lowest BCUT2D eigenvalue weighted by Gasteiger charge is -2.19. The molecule has 2 aliphatic heterocycles. The molecule has 130 valence electrons. The number of hydrogen-bond donors (Lipinski definition) is 2. The van der Waals surface area contributed by atoms with Crippen molar-refractivity contribution >= 4 is 5.91 Å².